The van der Waals surface area contributed by atoms with Crippen LogP contribution >= 0.6 is 0 Å². The summed E-state index contributed by atoms with van der Waals surface area (Å²) in [6.07, 6.45) is 1.52. The van der Waals surface area contributed by atoms with Crippen molar-refractivity contribution in [3.05, 3.63) is 71.0 Å². The molecule has 2 heterocycles. The molecule has 2 aliphatic heterocycles. The minimum atomic E-state index is -0.482. The first-order chi connectivity index (χ1) is 17.3. The van der Waals surface area contributed by atoms with E-state index < -0.39 is 6.04 Å². The molecule has 0 aromatic heterocycles. The molecule has 2 aromatic rings. The Hall–Kier alpha value is -2.77. The van der Waals surface area contributed by atoms with Crippen LogP contribution in [0.5, 0.6) is 0 Å². The van der Waals surface area contributed by atoms with Crippen molar-refractivity contribution in [1.29, 1.82) is 0 Å². The van der Waals surface area contributed by atoms with Crippen LogP contribution in [0.25, 0.3) is 0 Å². The van der Waals surface area contributed by atoms with Gasteiger partial charge < -0.3 is 15.1 Å². The molecule has 2 saturated heterocycles. The summed E-state index contributed by atoms with van der Waals surface area (Å²) in [4.78, 5) is 33.6. The second kappa shape index (κ2) is 12.0. The molecule has 0 spiro atoms. The van der Waals surface area contributed by atoms with Crippen LogP contribution in [0.15, 0.2) is 48.5 Å². The lowest BCUT2D eigenvalue weighted by molar-refractivity contribution is -0.135. The van der Waals surface area contributed by atoms with Crippen LogP contribution < -0.4 is 5.32 Å². The molecule has 36 heavy (non-hydrogen) atoms. The number of rotatable bonds is 7. The molecule has 1 N–H and O–H groups in total. The largest absolute Gasteiger partial charge is 0.340 e. The van der Waals surface area contributed by atoms with Crippen molar-refractivity contribution in [2.45, 2.75) is 52.2 Å². The van der Waals surface area contributed by atoms with Gasteiger partial charge in [0.05, 0.1) is 0 Å². The smallest absolute Gasteiger partial charge is 0.254 e. The zero-order valence-electron chi connectivity index (χ0n) is 21.8. The summed E-state index contributed by atoms with van der Waals surface area (Å²) in [6, 6.07) is 13.8. The first kappa shape index (κ1) is 26.3. The lowest BCUT2D eigenvalue weighted by atomic mass is 10.1. The summed E-state index contributed by atoms with van der Waals surface area (Å²) in [6.45, 7) is 11.4. The maximum atomic E-state index is 13.8. The molecule has 0 radical (unpaired) electrons. The van der Waals surface area contributed by atoms with Gasteiger partial charge >= 0.3 is 0 Å². The lowest BCUT2D eigenvalue weighted by Crippen LogP contribution is -2.48. The van der Waals surface area contributed by atoms with Gasteiger partial charge in [-0.15, -0.1) is 0 Å². The van der Waals surface area contributed by atoms with Crippen LogP contribution in [-0.4, -0.2) is 77.9 Å². The van der Waals surface area contributed by atoms with Crippen LogP contribution in [0.2, 0.25) is 0 Å². The molecule has 194 valence electrons. The predicted molar refractivity (Wildman–Crippen MR) is 140 cm³/mol. The van der Waals surface area contributed by atoms with Gasteiger partial charge in [-0.1, -0.05) is 43.7 Å². The zero-order valence-corrected chi connectivity index (χ0v) is 21.8. The van der Waals surface area contributed by atoms with Crippen molar-refractivity contribution in [3.8, 4) is 0 Å². The third-order valence-corrected chi connectivity index (χ3v) is 7.19. The van der Waals surface area contributed by atoms with E-state index in [4.69, 9.17) is 0 Å². The van der Waals surface area contributed by atoms with Crippen LogP contribution in [0, 0.1) is 18.7 Å². The van der Waals surface area contributed by atoms with Gasteiger partial charge in [0, 0.05) is 50.9 Å². The number of aryl methyl sites for hydroxylation is 1. The number of nitrogens with one attached hydrogen (secondary N) is 1. The second-order valence-electron chi connectivity index (χ2n) is 10.6. The average molecular weight is 495 g/mol. The minimum absolute atomic E-state index is 0.0471. The molecule has 0 aliphatic carbocycles. The van der Waals surface area contributed by atoms with Crippen molar-refractivity contribution >= 4 is 11.8 Å². The van der Waals surface area contributed by atoms with Gasteiger partial charge in [-0.05, 0) is 62.1 Å². The molecule has 0 saturated carbocycles. The lowest BCUT2D eigenvalue weighted by Gasteiger charge is -2.30. The number of nitrogens with zero attached hydrogens (tertiary/aromatic N) is 3. The highest BCUT2D eigenvalue weighted by molar-refractivity contribution is 5.98. The van der Waals surface area contributed by atoms with E-state index in [0.29, 0.717) is 44.1 Å². The Morgan fingerprint density at radius 2 is 1.78 bits per heavy atom. The van der Waals surface area contributed by atoms with Gasteiger partial charge in [0.2, 0.25) is 5.91 Å². The van der Waals surface area contributed by atoms with Crippen molar-refractivity contribution in [2.24, 2.45) is 5.92 Å². The van der Waals surface area contributed by atoms with Crippen molar-refractivity contribution in [2.75, 3.05) is 39.3 Å². The standard InChI is InChI=1S/C29H39FN4O2/c1-21(2)18-33(19-23-7-11-25(30)12-8-23)26-17-27(29(36)32-15-4-13-31-14-16-32)34(20-26)28(35)24-9-5-22(3)6-10-24/h5-12,21,26-27,31H,4,13-20H2,1-3H3. The molecule has 2 aromatic carbocycles. The number of hydrogen-bond donors (Lipinski definition) is 1. The number of benzene rings is 2. The van der Waals surface area contributed by atoms with E-state index in [-0.39, 0.29) is 23.7 Å². The molecule has 4 rings (SSSR count). The average Bonchev–Trinajstić information content (AvgIpc) is 3.12. The van der Waals surface area contributed by atoms with Crippen molar-refractivity contribution in [1.82, 2.24) is 20.0 Å². The minimum Gasteiger partial charge on any atom is -0.340 e. The number of carbonyl (C=O) groups excluding carboxylic acids is 2. The molecule has 2 atom stereocenters. The van der Waals surface area contributed by atoms with Gasteiger partial charge in [-0.25, -0.2) is 4.39 Å². The highest BCUT2D eigenvalue weighted by atomic mass is 19.1. The Kier molecular flexibility index (Phi) is 8.75. The molecule has 2 fully saturated rings. The fourth-order valence-electron chi connectivity index (χ4n) is 5.31. The van der Waals surface area contributed by atoms with Crippen LogP contribution in [0.4, 0.5) is 4.39 Å². The SMILES string of the molecule is Cc1ccc(C(=O)N2CC(N(Cc3ccc(F)cc3)CC(C)C)CC2C(=O)N2CCCNCC2)cc1. The fourth-order valence-corrected chi connectivity index (χ4v) is 5.31. The summed E-state index contributed by atoms with van der Waals surface area (Å²) in [5, 5.41) is 3.36. The molecule has 2 unspecified atom stereocenters. The molecular formula is C29H39FN4O2. The number of likely N-dealkylation sites (tertiary alicyclic amines) is 1. The van der Waals surface area contributed by atoms with E-state index in [1.165, 1.54) is 12.1 Å². The quantitative estimate of drug-likeness (QED) is 0.638. The Balaban J connectivity index is 1.60. The Labute approximate surface area is 214 Å². The van der Waals surface area contributed by atoms with Gasteiger partial charge in [-0.2, -0.15) is 0 Å². The van der Waals surface area contributed by atoms with Gasteiger partial charge in [0.25, 0.3) is 5.91 Å². The first-order valence-corrected chi connectivity index (χ1v) is 13.2. The van der Waals surface area contributed by atoms with E-state index >= 15 is 0 Å². The molecule has 6 nitrogen and oxygen atoms in total. The molecule has 7 heteroatoms. The van der Waals surface area contributed by atoms with Crippen molar-refractivity contribution < 1.29 is 14.0 Å². The monoisotopic (exact) mass is 494 g/mol. The molecule has 0 bridgehead atoms. The summed E-state index contributed by atoms with van der Waals surface area (Å²) in [5.41, 5.74) is 2.74. The summed E-state index contributed by atoms with van der Waals surface area (Å²) in [7, 11) is 0. The van der Waals surface area contributed by atoms with Crippen LogP contribution in [-0.2, 0) is 11.3 Å². The maximum absolute atomic E-state index is 13.8. The van der Waals surface area contributed by atoms with E-state index in [2.05, 4.69) is 24.1 Å². The Bertz CT molecular complexity index is 1020. The predicted octanol–water partition coefficient (Wildman–Crippen LogP) is 3.70. The highest BCUT2D eigenvalue weighted by Gasteiger charge is 2.43. The van der Waals surface area contributed by atoms with E-state index in [9.17, 15) is 14.0 Å². The summed E-state index contributed by atoms with van der Waals surface area (Å²) >= 11 is 0. The number of amides is 2. The number of halogens is 1. The Morgan fingerprint density at radius 3 is 2.47 bits per heavy atom. The molecule has 2 amide bonds. The zero-order chi connectivity index (χ0) is 25.7. The van der Waals surface area contributed by atoms with E-state index in [1.54, 1.807) is 4.90 Å². The van der Waals surface area contributed by atoms with Crippen LogP contribution in [0.1, 0.15) is 48.2 Å². The van der Waals surface area contributed by atoms with Gasteiger partial charge in [-0.3, -0.25) is 14.5 Å². The molecular weight excluding hydrogens is 455 g/mol. The van der Waals surface area contributed by atoms with E-state index in [0.717, 1.165) is 37.2 Å². The van der Waals surface area contributed by atoms with Gasteiger partial charge in [0.1, 0.15) is 11.9 Å². The van der Waals surface area contributed by atoms with Crippen LogP contribution in [0.3, 0.4) is 0 Å². The highest BCUT2D eigenvalue weighted by Crippen LogP contribution is 2.28. The topological polar surface area (TPSA) is 55.9 Å². The number of hydrogen-bond acceptors (Lipinski definition) is 4. The number of carbonyl (C=O) groups is 2. The van der Waals surface area contributed by atoms with E-state index in [1.807, 2.05) is 48.2 Å². The normalized spacial score (nSPS) is 20.7. The first-order valence-electron chi connectivity index (χ1n) is 13.2. The second-order valence-corrected chi connectivity index (χ2v) is 10.6. The Morgan fingerprint density at radius 1 is 1.06 bits per heavy atom. The van der Waals surface area contributed by atoms with Gasteiger partial charge in [0.15, 0.2) is 0 Å². The third-order valence-electron chi connectivity index (χ3n) is 7.19. The third kappa shape index (κ3) is 6.51. The fraction of sp³-hybridized carbons (Fsp3) is 0.517. The maximum Gasteiger partial charge on any atom is 0.254 e. The summed E-state index contributed by atoms with van der Waals surface area (Å²) in [5.74, 6) is 0.128. The van der Waals surface area contributed by atoms with Crippen molar-refractivity contribution in [3.63, 3.8) is 0 Å². The molecule has 2 aliphatic rings. The summed E-state index contributed by atoms with van der Waals surface area (Å²) < 4.78 is 13.5.